The maximum Gasteiger partial charge on any atom is 0.331 e. The first kappa shape index (κ1) is 18.9. The van der Waals surface area contributed by atoms with Gasteiger partial charge in [0.25, 0.3) is 11.5 Å². The Kier molecular flexibility index (Phi) is 4.44. The standard InChI is InChI=1S/C17H22N4O6/c1-18-11(9-12(22)19(2)16(18)27)14(24)21-6-4-17(5-7-21)10(15(25)26)8-13(23)20(17)3/h9-10H,4-8H2,1-3H3,(H,25,26). The highest BCUT2D eigenvalue weighted by atomic mass is 16.4. The molecule has 1 aromatic heterocycles. The molecule has 0 bridgehead atoms. The van der Waals surface area contributed by atoms with E-state index in [1.54, 1.807) is 7.05 Å². The number of carboxylic acid groups (broad SMARTS) is 1. The second-order valence-electron chi connectivity index (χ2n) is 7.21. The summed E-state index contributed by atoms with van der Waals surface area (Å²) in [5.74, 6) is -2.49. The van der Waals surface area contributed by atoms with Crippen molar-refractivity contribution in [3.8, 4) is 0 Å². The molecule has 10 heteroatoms. The van der Waals surface area contributed by atoms with Gasteiger partial charge in [-0.25, -0.2) is 4.79 Å². The number of carbonyl (C=O) groups excluding carboxylic acids is 2. The number of hydrogen-bond donors (Lipinski definition) is 1. The van der Waals surface area contributed by atoms with E-state index in [2.05, 4.69) is 0 Å². The molecule has 1 aromatic rings. The molecule has 10 nitrogen and oxygen atoms in total. The minimum Gasteiger partial charge on any atom is -0.481 e. The van der Waals surface area contributed by atoms with Crippen molar-refractivity contribution in [3.63, 3.8) is 0 Å². The fourth-order valence-corrected chi connectivity index (χ4v) is 4.18. The van der Waals surface area contributed by atoms with Crippen LogP contribution in [0.1, 0.15) is 29.8 Å². The summed E-state index contributed by atoms with van der Waals surface area (Å²) in [5, 5.41) is 9.51. The maximum atomic E-state index is 12.8. The Bertz CT molecular complexity index is 938. The van der Waals surface area contributed by atoms with E-state index in [1.165, 1.54) is 23.9 Å². The summed E-state index contributed by atoms with van der Waals surface area (Å²) in [7, 11) is 4.36. The molecule has 1 N–H and O–H groups in total. The molecular weight excluding hydrogens is 356 g/mol. The Morgan fingerprint density at radius 1 is 1.07 bits per heavy atom. The topological polar surface area (TPSA) is 122 Å². The lowest BCUT2D eigenvalue weighted by atomic mass is 9.77. The summed E-state index contributed by atoms with van der Waals surface area (Å²) in [6, 6.07) is 1.12. The Labute approximate surface area is 154 Å². The summed E-state index contributed by atoms with van der Waals surface area (Å²) in [4.78, 5) is 63.4. The van der Waals surface area contributed by atoms with E-state index in [0.717, 1.165) is 15.2 Å². The van der Waals surface area contributed by atoms with Gasteiger partial charge in [0.05, 0.1) is 11.5 Å². The van der Waals surface area contributed by atoms with Gasteiger partial charge in [0.2, 0.25) is 5.91 Å². The number of rotatable bonds is 2. The molecule has 1 spiro atoms. The number of carboxylic acids is 1. The van der Waals surface area contributed by atoms with Crippen LogP contribution < -0.4 is 11.2 Å². The van der Waals surface area contributed by atoms with Gasteiger partial charge in [-0.3, -0.25) is 28.3 Å². The summed E-state index contributed by atoms with van der Waals surface area (Å²) in [5.41, 5.74) is -1.98. The van der Waals surface area contributed by atoms with Crippen molar-refractivity contribution in [3.05, 3.63) is 32.6 Å². The zero-order valence-corrected chi connectivity index (χ0v) is 15.5. The molecule has 0 aliphatic carbocycles. The fourth-order valence-electron chi connectivity index (χ4n) is 4.18. The Morgan fingerprint density at radius 3 is 2.22 bits per heavy atom. The summed E-state index contributed by atoms with van der Waals surface area (Å²) in [6.07, 6.45) is 0.622. The summed E-state index contributed by atoms with van der Waals surface area (Å²) in [6.45, 7) is 0.479. The van der Waals surface area contributed by atoms with Crippen molar-refractivity contribution >= 4 is 17.8 Å². The van der Waals surface area contributed by atoms with Crippen LogP contribution in [0.25, 0.3) is 0 Å². The third-order valence-electron chi connectivity index (χ3n) is 6.03. The monoisotopic (exact) mass is 378 g/mol. The molecule has 3 heterocycles. The normalized spacial score (nSPS) is 21.7. The number of aromatic nitrogens is 2. The zero-order valence-electron chi connectivity index (χ0n) is 15.5. The Hall–Kier alpha value is -2.91. The van der Waals surface area contributed by atoms with Crippen molar-refractivity contribution in [2.45, 2.75) is 24.8 Å². The van der Waals surface area contributed by atoms with Crippen LogP contribution in [0.5, 0.6) is 0 Å². The highest BCUT2D eigenvalue weighted by Crippen LogP contribution is 2.42. The van der Waals surface area contributed by atoms with E-state index < -0.39 is 34.6 Å². The largest absolute Gasteiger partial charge is 0.481 e. The van der Waals surface area contributed by atoms with Crippen molar-refractivity contribution in [1.82, 2.24) is 18.9 Å². The number of carbonyl (C=O) groups is 3. The van der Waals surface area contributed by atoms with E-state index >= 15 is 0 Å². The number of hydrogen-bond acceptors (Lipinski definition) is 5. The third-order valence-corrected chi connectivity index (χ3v) is 6.03. The van der Waals surface area contributed by atoms with Crippen molar-refractivity contribution in [2.24, 2.45) is 20.0 Å². The molecule has 0 saturated carbocycles. The lowest BCUT2D eigenvalue weighted by molar-refractivity contribution is -0.145. The molecule has 2 aliphatic rings. The number of piperidine rings is 1. The van der Waals surface area contributed by atoms with Gasteiger partial charge in [-0.1, -0.05) is 0 Å². The van der Waals surface area contributed by atoms with Crippen molar-refractivity contribution in [1.29, 1.82) is 0 Å². The van der Waals surface area contributed by atoms with Crippen LogP contribution in [0, 0.1) is 5.92 Å². The number of nitrogens with zero attached hydrogens (tertiary/aromatic N) is 4. The van der Waals surface area contributed by atoms with E-state index in [0.29, 0.717) is 12.8 Å². The molecule has 2 saturated heterocycles. The van der Waals surface area contributed by atoms with Gasteiger partial charge < -0.3 is 14.9 Å². The lowest BCUT2D eigenvalue weighted by Crippen LogP contribution is -2.57. The predicted octanol–water partition coefficient (Wildman–Crippen LogP) is -1.38. The number of amides is 2. The second kappa shape index (κ2) is 6.36. The van der Waals surface area contributed by atoms with Gasteiger partial charge in [0.15, 0.2) is 0 Å². The molecule has 0 radical (unpaired) electrons. The minimum atomic E-state index is -1.01. The predicted molar refractivity (Wildman–Crippen MR) is 93.3 cm³/mol. The van der Waals surface area contributed by atoms with Crippen LogP contribution in [-0.2, 0) is 23.7 Å². The fraction of sp³-hybridized carbons (Fsp3) is 0.588. The zero-order chi connectivity index (χ0) is 20.1. The van der Waals surface area contributed by atoms with Gasteiger partial charge in [-0.15, -0.1) is 0 Å². The number of aliphatic carboxylic acids is 1. The molecule has 27 heavy (non-hydrogen) atoms. The Morgan fingerprint density at radius 2 is 1.67 bits per heavy atom. The maximum absolute atomic E-state index is 12.8. The van der Waals surface area contributed by atoms with Crippen LogP contribution in [0.3, 0.4) is 0 Å². The minimum absolute atomic E-state index is 0.00955. The molecule has 2 amide bonds. The summed E-state index contributed by atoms with van der Waals surface area (Å²) >= 11 is 0. The Balaban J connectivity index is 1.85. The highest BCUT2D eigenvalue weighted by molar-refractivity contribution is 5.93. The first-order valence-corrected chi connectivity index (χ1v) is 8.66. The molecule has 146 valence electrons. The van der Waals surface area contributed by atoms with Crippen LogP contribution >= 0.6 is 0 Å². The van der Waals surface area contributed by atoms with Crippen LogP contribution in [-0.4, -0.2) is 67.5 Å². The van der Waals surface area contributed by atoms with Crippen molar-refractivity contribution < 1.29 is 19.5 Å². The van der Waals surface area contributed by atoms with E-state index in [1.807, 2.05) is 0 Å². The first-order valence-electron chi connectivity index (χ1n) is 8.66. The van der Waals surface area contributed by atoms with Gasteiger partial charge in [-0.2, -0.15) is 0 Å². The average molecular weight is 378 g/mol. The second-order valence-corrected chi connectivity index (χ2v) is 7.21. The van der Waals surface area contributed by atoms with Crippen LogP contribution in [0.4, 0.5) is 0 Å². The van der Waals surface area contributed by atoms with Crippen LogP contribution in [0.2, 0.25) is 0 Å². The number of likely N-dealkylation sites (tertiary alicyclic amines) is 2. The molecule has 2 fully saturated rings. The average Bonchev–Trinajstić information content (AvgIpc) is 2.88. The quantitative estimate of drug-likeness (QED) is 0.677. The molecule has 1 atom stereocenters. The van der Waals surface area contributed by atoms with Gasteiger partial charge >= 0.3 is 11.7 Å². The molecule has 2 aliphatic heterocycles. The highest BCUT2D eigenvalue weighted by Gasteiger charge is 2.55. The van der Waals surface area contributed by atoms with Gasteiger partial charge in [0, 0.05) is 46.7 Å². The summed E-state index contributed by atoms with van der Waals surface area (Å²) < 4.78 is 2.04. The van der Waals surface area contributed by atoms with Crippen molar-refractivity contribution in [2.75, 3.05) is 20.1 Å². The SMILES string of the molecule is CN1C(=O)CC(C(=O)O)C12CCN(C(=O)c1cc(=O)n(C)c(=O)n1C)CC2. The van der Waals surface area contributed by atoms with Crippen LogP contribution in [0.15, 0.2) is 15.7 Å². The molecule has 1 unspecified atom stereocenters. The van der Waals surface area contributed by atoms with E-state index in [4.69, 9.17) is 0 Å². The first-order chi connectivity index (χ1) is 12.6. The molecule has 3 rings (SSSR count). The van der Waals surface area contributed by atoms with Gasteiger partial charge in [-0.05, 0) is 12.8 Å². The molecular formula is C17H22N4O6. The molecule has 0 aromatic carbocycles. The lowest BCUT2D eigenvalue weighted by Gasteiger charge is -2.45. The van der Waals surface area contributed by atoms with E-state index in [9.17, 15) is 29.1 Å². The van der Waals surface area contributed by atoms with E-state index in [-0.39, 0.29) is 31.1 Å². The third kappa shape index (κ3) is 2.75. The van der Waals surface area contributed by atoms with Gasteiger partial charge in [0.1, 0.15) is 5.69 Å². The smallest absolute Gasteiger partial charge is 0.331 e.